The Morgan fingerprint density at radius 1 is 1.17 bits per heavy atom. The van der Waals surface area contributed by atoms with E-state index in [1.165, 1.54) is 0 Å². The first-order chi connectivity index (χ1) is 11.5. The highest BCUT2D eigenvalue weighted by Gasteiger charge is 2.16. The monoisotopic (exact) mass is 334 g/mol. The number of amides is 2. The van der Waals surface area contributed by atoms with Gasteiger partial charge in [0, 0.05) is 25.2 Å². The van der Waals surface area contributed by atoms with E-state index in [0.717, 1.165) is 11.3 Å². The van der Waals surface area contributed by atoms with Crippen LogP contribution in [0, 0.1) is 0 Å². The van der Waals surface area contributed by atoms with Gasteiger partial charge in [0.05, 0.1) is 0 Å². The van der Waals surface area contributed by atoms with Gasteiger partial charge >= 0.3 is 5.97 Å². The third-order valence-corrected chi connectivity index (χ3v) is 3.80. The van der Waals surface area contributed by atoms with E-state index >= 15 is 0 Å². The molecule has 0 spiro atoms. The van der Waals surface area contributed by atoms with Crippen molar-refractivity contribution < 1.29 is 23.9 Å². The largest absolute Gasteiger partial charge is 0.482 e. The number of carbonyl (C=O) groups excluding carboxylic acids is 3. The van der Waals surface area contributed by atoms with Crippen LogP contribution in [0.5, 0.6) is 5.75 Å². The quantitative estimate of drug-likeness (QED) is 0.761. The van der Waals surface area contributed by atoms with Gasteiger partial charge in [0.25, 0.3) is 5.91 Å². The highest BCUT2D eigenvalue weighted by Crippen LogP contribution is 2.26. The average Bonchev–Trinajstić information content (AvgIpc) is 2.59. The van der Waals surface area contributed by atoms with Crippen molar-refractivity contribution in [3.63, 3.8) is 0 Å². The summed E-state index contributed by atoms with van der Waals surface area (Å²) in [7, 11) is 0. The fourth-order valence-electron chi connectivity index (χ4n) is 2.44. The molecule has 24 heavy (non-hydrogen) atoms. The van der Waals surface area contributed by atoms with Gasteiger partial charge < -0.3 is 19.7 Å². The number of ether oxygens (including phenoxy) is 2. The number of nitrogens with one attached hydrogen (secondary N) is 1. The second-order valence-corrected chi connectivity index (χ2v) is 5.38. The number of hydrogen-bond acceptors (Lipinski definition) is 5. The molecular formula is C17H22N2O5. The molecular weight excluding hydrogens is 312 g/mol. The van der Waals surface area contributed by atoms with Crippen LogP contribution < -0.4 is 10.1 Å². The van der Waals surface area contributed by atoms with Gasteiger partial charge in [0.15, 0.2) is 13.2 Å². The Morgan fingerprint density at radius 3 is 2.62 bits per heavy atom. The molecule has 0 saturated carbocycles. The van der Waals surface area contributed by atoms with E-state index in [0.29, 0.717) is 31.7 Å². The highest BCUT2D eigenvalue weighted by atomic mass is 16.6. The molecule has 0 saturated heterocycles. The number of nitrogens with zero attached hydrogens (tertiary/aromatic N) is 1. The first-order valence-electron chi connectivity index (χ1n) is 8.02. The Balaban J connectivity index is 1.80. The zero-order valence-corrected chi connectivity index (χ0v) is 14.0. The van der Waals surface area contributed by atoms with Crippen molar-refractivity contribution in [3.05, 3.63) is 23.8 Å². The normalized spacial score (nSPS) is 12.8. The van der Waals surface area contributed by atoms with E-state index in [4.69, 9.17) is 9.47 Å². The number of esters is 1. The zero-order valence-electron chi connectivity index (χ0n) is 14.0. The summed E-state index contributed by atoms with van der Waals surface area (Å²) in [5, 5.41) is 2.78. The Bertz CT molecular complexity index is 625. The van der Waals surface area contributed by atoms with Gasteiger partial charge in [-0.1, -0.05) is 0 Å². The minimum atomic E-state index is -0.596. The number of rotatable bonds is 7. The lowest BCUT2D eigenvalue weighted by molar-refractivity contribution is -0.153. The Morgan fingerprint density at radius 2 is 1.92 bits per heavy atom. The molecule has 0 aliphatic carbocycles. The molecule has 0 fully saturated rings. The molecule has 1 aliphatic heterocycles. The molecule has 7 nitrogen and oxygen atoms in total. The predicted molar refractivity (Wildman–Crippen MR) is 87.8 cm³/mol. The van der Waals surface area contributed by atoms with Crippen molar-refractivity contribution >= 4 is 23.5 Å². The van der Waals surface area contributed by atoms with Crippen LogP contribution in [0.4, 0.5) is 5.69 Å². The summed E-state index contributed by atoms with van der Waals surface area (Å²) in [6.45, 7) is 4.34. The number of benzene rings is 1. The SMILES string of the molecule is CCN(CC)C(=O)COC(=O)COc1ccc2c(c1)CCC(=O)N2. The molecule has 2 rings (SSSR count). The second kappa shape index (κ2) is 8.33. The summed E-state index contributed by atoms with van der Waals surface area (Å²) in [6, 6.07) is 5.22. The lowest BCUT2D eigenvalue weighted by Crippen LogP contribution is -2.34. The standard InChI is InChI=1S/C17H22N2O5/c1-3-19(4-2)16(21)10-24-17(22)11-23-13-6-7-14-12(9-13)5-8-15(20)18-14/h6-7,9H,3-5,8,10-11H2,1-2H3,(H,18,20). The molecule has 130 valence electrons. The summed E-state index contributed by atoms with van der Waals surface area (Å²) in [6.07, 6.45) is 1.08. The van der Waals surface area contributed by atoms with Crippen molar-refractivity contribution in [2.24, 2.45) is 0 Å². The first kappa shape index (κ1) is 17.8. The van der Waals surface area contributed by atoms with Gasteiger partial charge in [-0.2, -0.15) is 0 Å². The maximum absolute atomic E-state index is 11.7. The Labute approximate surface area is 140 Å². The van der Waals surface area contributed by atoms with Crippen LogP contribution in [0.2, 0.25) is 0 Å². The lowest BCUT2D eigenvalue weighted by atomic mass is 10.0. The highest BCUT2D eigenvalue weighted by molar-refractivity contribution is 5.94. The molecule has 1 aliphatic rings. The summed E-state index contributed by atoms with van der Waals surface area (Å²) >= 11 is 0. The van der Waals surface area contributed by atoms with E-state index in [9.17, 15) is 14.4 Å². The van der Waals surface area contributed by atoms with E-state index in [1.54, 1.807) is 23.1 Å². The number of fused-ring (bicyclic) bond motifs is 1. The predicted octanol–water partition coefficient (Wildman–Crippen LogP) is 1.36. The molecule has 1 heterocycles. The lowest BCUT2D eigenvalue weighted by Gasteiger charge is -2.18. The molecule has 0 bridgehead atoms. The number of hydrogen-bond donors (Lipinski definition) is 1. The van der Waals surface area contributed by atoms with Crippen LogP contribution in [-0.4, -0.2) is 49.0 Å². The van der Waals surface area contributed by atoms with Crippen LogP contribution >= 0.6 is 0 Å². The minimum absolute atomic E-state index is 0.00221. The third-order valence-electron chi connectivity index (χ3n) is 3.80. The van der Waals surface area contributed by atoms with Crippen LogP contribution in [0.1, 0.15) is 25.8 Å². The van der Waals surface area contributed by atoms with Gasteiger partial charge in [0.2, 0.25) is 5.91 Å². The molecule has 0 unspecified atom stereocenters. The second-order valence-electron chi connectivity index (χ2n) is 5.38. The van der Waals surface area contributed by atoms with Gasteiger partial charge in [-0.05, 0) is 44.0 Å². The van der Waals surface area contributed by atoms with Crippen LogP contribution in [-0.2, 0) is 25.5 Å². The van der Waals surface area contributed by atoms with Crippen molar-refractivity contribution in [2.45, 2.75) is 26.7 Å². The van der Waals surface area contributed by atoms with E-state index in [2.05, 4.69) is 5.32 Å². The number of likely N-dealkylation sites (N-methyl/N-ethyl adjacent to an activating group) is 1. The van der Waals surface area contributed by atoms with Crippen LogP contribution in [0.3, 0.4) is 0 Å². The van der Waals surface area contributed by atoms with Crippen LogP contribution in [0.15, 0.2) is 18.2 Å². The number of carbonyl (C=O) groups is 3. The molecule has 1 aromatic carbocycles. The number of anilines is 1. The summed E-state index contributed by atoms with van der Waals surface area (Å²) < 4.78 is 10.3. The van der Waals surface area contributed by atoms with Gasteiger partial charge in [0.1, 0.15) is 5.75 Å². The average molecular weight is 334 g/mol. The smallest absolute Gasteiger partial charge is 0.344 e. The first-order valence-corrected chi connectivity index (χ1v) is 8.02. The van der Waals surface area contributed by atoms with Crippen molar-refractivity contribution in [2.75, 3.05) is 31.6 Å². The van der Waals surface area contributed by atoms with Gasteiger partial charge in [-0.15, -0.1) is 0 Å². The van der Waals surface area contributed by atoms with Gasteiger partial charge in [-0.25, -0.2) is 4.79 Å². The third kappa shape index (κ3) is 4.71. The maximum Gasteiger partial charge on any atom is 0.344 e. The summed E-state index contributed by atoms with van der Waals surface area (Å²) in [5.74, 6) is -0.297. The van der Waals surface area contributed by atoms with Crippen molar-refractivity contribution in [3.8, 4) is 5.75 Å². The molecule has 0 radical (unpaired) electrons. The zero-order chi connectivity index (χ0) is 17.5. The topological polar surface area (TPSA) is 84.9 Å². The summed E-state index contributed by atoms with van der Waals surface area (Å²) in [4.78, 5) is 36.3. The van der Waals surface area contributed by atoms with Crippen molar-refractivity contribution in [1.29, 1.82) is 0 Å². The molecule has 1 N–H and O–H groups in total. The molecule has 1 aromatic rings. The minimum Gasteiger partial charge on any atom is -0.482 e. The van der Waals surface area contributed by atoms with Crippen LogP contribution in [0.25, 0.3) is 0 Å². The van der Waals surface area contributed by atoms with E-state index in [-0.39, 0.29) is 25.0 Å². The fourth-order valence-corrected chi connectivity index (χ4v) is 2.44. The molecule has 0 aromatic heterocycles. The Kier molecular flexibility index (Phi) is 6.17. The van der Waals surface area contributed by atoms with Crippen molar-refractivity contribution in [1.82, 2.24) is 4.90 Å². The summed E-state index contributed by atoms with van der Waals surface area (Å²) in [5.41, 5.74) is 1.74. The maximum atomic E-state index is 11.7. The Hall–Kier alpha value is -2.57. The molecule has 2 amide bonds. The molecule has 0 atom stereocenters. The van der Waals surface area contributed by atoms with E-state index in [1.807, 2.05) is 13.8 Å². The number of aryl methyl sites for hydroxylation is 1. The fraction of sp³-hybridized carbons (Fsp3) is 0.471. The van der Waals surface area contributed by atoms with E-state index < -0.39 is 5.97 Å². The van der Waals surface area contributed by atoms with Gasteiger partial charge in [-0.3, -0.25) is 9.59 Å². The molecule has 7 heteroatoms.